The molecule has 0 aliphatic carbocycles. The van der Waals surface area contributed by atoms with Crippen LogP contribution in [0.15, 0.2) is 0 Å². The third-order valence-corrected chi connectivity index (χ3v) is 7.50. The molecule has 0 saturated heterocycles. The first-order valence-corrected chi connectivity index (χ1v) is 15.6. The molecule has 0 aliphatic heterocycles. The number of aliphatic hydroxyl groups is 7. The van der Waals surface area contributed by atoms with Gasteiger partial charge in [-0.1, -0.05) is 64.2 Å². The summed E-state index contributed by atoms with van der Waals surface area (Å²) in [5.74, 6) is -0.401. The SMILES string of the molecule is COC(=O)CCCCCCCCC(O)CN(CC(O)CCCCCCCCC(=O)OC)C[C@H](O)[C@@H](O)[C@H](O)[C@H](O)CO. The van der Waals surface area contributed by atoms with Crippen molar-refractivity contribution >= 4 is 11.9 Å². The molecular formula is C30H59NO11. The Morgan fingerprint density at radius 2 is 0.905 bits per heavy atom. The molecular weight excluding hydrogens is 550 g/mol. The third-order valence-electron chi connectivity index (χ3n) is 7.50. The van der Waals surface area contributed by atoms with Gasteiger partial charge in [0.2, 0.25) is 0 Å². The number of nitrogens with zero attached hydrogens (tertiary/aromatic N) is 1. The average Bonchev–Trinajstić information content (AvgIpc) is 2.97. The summed E-state index contributed by atoms with van der Waals surface area (Å²) in [5, 5.41) is 70.6. The summed E-state index contributed by atoms with van der Waals surface area (Å²) in [4.78, 5) is 24.0. The lowest BCUT2D eigenvalue weighted by Crippen LogP contribution is -2.51. The van der Waals surface area contributed by atoms with Crippen molar-refractivity contribution in [3.05, 3.63) is 0 Å². The number of hydrogen-bond donors (Lipinski definition) is 7. The molecule has 12 heteroatoms. The van der Waals surface area contributed by atoms with Crippen molar-refractivity contribution in [3.8, 4) is 0 Å². The Labute approximate surface area is 251 Å². The Bertz CT molecular complexity index is 629. The van der Waals surface area contributed by atoms with Crippen LogP contribution in [0.5, 0.6) is 0 Å². The number of rotatable bonds is 28. The van der Waals surface area contributed by atoms with Gasteiger partial charge < -0.3 is 45.2 Å². The summed E-state index contributed by atoms with van der Waals surface area (Å²) < 4.78 is 9.26. The van der Waals surface area contributed by atoms with E-state index in [1.165, 1.54) is 14.2 Å². The molecule has 0 aliphatic rings. The molecule has 0 aromatic heterocycles. The van der Waals surface area contributed by atoms with E-state index >= 15 is 0 Å². The second-order valence-electron chi connectivity index (χ2n) is 11.3. The van der Waals surface area contributed by atoms with E-state index in [1.54, 1.807) is 4.90 Å². The van der Waals surface area contributed by atoms with Crippen molar-refractivity contribution in [2.75, 3.05) is 40.5 Å². The summed E-state index contributed by atoms with van der Waals surface area (Å²) in [6.45, 7) is -0.620. The van der Waals surface area contributed by atoms with Crippen LogP contribution in [-0.4, -0.2) is 130 Å². The van der Waals surface area contributed by atoms with Crippen LogP contribution in [0, 0.1) is 0 Å². The molecule has 0 aromatic carbocycles. The van der Waals surface area contributed by atoms with Gasteiger partial charge in [-0.3, -0.25) is 14.5 Å². The molecule has 0 bridgehead atoms. The minimum absolute atomic E-state index is 0.148. The number of esters is 2. The molecule has 0 aromatic rings. The normalized spacial score (nSPS) is 16.0. The maximum Gasteiger partial charge on any atom is 0.305 e. The molecule has 12 nitrogen and oxygen atoms in total. The number of ether oxygens (including phenoxy) is 2. The summed E-state index contributed by atoms with van der Waals surface area (Å²) in [6.07, 6.45) is 4.74. The van der Waals surface area contributed by atoms with Gasteiger partial charge in [0.1, 0.15) is 18.3 Å². The minimum Gasteiger partial charge on any atom is -0.469 e. The number of carbonyl (C=O) groups is 2. The van der Waals surface area contributed by atoms with Gasteiger partial charge in [-0.2, -0.15) is 0 Å². The molecule has 42 heavy (non-hydrogen) atoms. The van der Waals surface area contributed by atoms with Gasteiger partial charge in [-0.25, -0.2) is 0 Å². The Kier molecular flexibility index (Phi) is 25.2. The Morgan fingerprint density at radius 3 is 1.29 bits per heavy atom. The van der Waals surface area contributed by atoms with Gasteiger partial charge in [-0.05, 0) is 25.7 Å². The number of unbranched alkanes of at least 4 members (excludes halogenated alkanes) is 10. The van der Waals surface area contributed by atoms with E-state index in [0.29, 0.717) is 25.7 Å². The van der Waals surface area contributed by atoms with Gasteiger partial charge in [0.25, 0.3) is 0 Å². The Hall–Kier alpha value is -1.38. The van der Waals surface area contributed by atoms with E-state index in [0.717, 1.165) is 77.0 Å². The molecule has 0 fully saturated rings. The molecule has 0 heterocycles. The van der Waals surface area contributed by atoms with Crippen molar-refractivity contribution < 1.29 is 54.8 Å². The van der Waals surface area contributed by atoms with E-state index < -0.39 is 43.2 Å². The van der Waals surface area contributed by atoms with Crippen LogP contribution in [0.1, 0.15) is 103 Å². The van der Waals surface area contributed by atoms with Gasteiger partial charge in [-0.15, -0.1) is 0 Å². The highest BCUT2D eigenvalue weighted by atomic mass is 16.5. The van der Waals surface area contributed by atoms with E-state index in [4.69, 9.17) is 5.11 Å². The lowest BCUT2D eigenvalue weighted by Gasteiger charge is -2.32. The maximum atomic E-state index is 11.1. The maximum absolute atomic E-state index is 11.1. The molecule has 7 N–H and O–H groups in total. The van der Waals surface area contributed by atoms with Crippen LogP contribution in [0.3, 0.4) is 0 Å². The predicted molar refractivity (Wildman–Crippen MR) is 157 cm³/mol. The summed E-state index contributed by atoms with van der Waals surface area (Å²) in [6, 6.07) is 0. The second-order valence-corrected chi connectivity index (χ2v) is 11.3. The zero-order valence-corrected chi connectivity index (χ0v) is 25.8. The third kappa shape index (κ3) is 21.3. The first-order chi connectivity index (χ1) is 20.0. The van der Waals surface area contributed by atoms with E-state index in [-0.39, 0.29) is 31.6 Å². The monoisotopic (exact) mass is 609 g/mol. The summed E-state index contributed by atoms with van der Waals surface area (Å²) in [7, 11) is 2.76. The fourth-order valence-corrected chi connectivity index (χ4v) is 4.85. The average molecular weight is 610 g/mol. The number of hydrogen-bond acceptors (Lipinski definition) is 12. The lowest BCUT2D eigenvalue weighted by molar-refractivity contribution is -0.141. The van der Waals surface area contributed by atoms with Crippen LogP contribution >= 0.6 is 0 Å². The standard InChI is InChI=1S/C30H59NO11/c1-41-27(37)17-13-9-5-3-7-11-15-23(33)19-31(21-25(35)29(39)30(40)26(36)22-32)20-24(34)16-12-8-4-6-10-14-18-28(38)42-2/h23-26,29-30,32-36,39-40H,3-22H2,1-2H3/t23?,24?,25-,26+,29+,30+/m0/s1. The van der Waals surface area contributed by atoms with Crippen molar-refractivity contribution in [2.45, 2.75) is 139 Å². The molecule has 0 rings (SSSR count). The molecule has 0 radical (unpaired) electrons. The highest BCUT2D eigenvalue weighted by molar-refractivity contribution is 5.69. The molecule has 2 unspecified atom stereocenters. The number of carbonyl (C=O) groups excluding carboxylic acids is 2. The van der Waals surface area contributed by atoms with Crippen LogP contribution in [-0.2, 0) is 19.1 Å². The van der Waals surface area contributed by atoms with Crippen LogP contribution in [0.2, 0.25) is 0 Å². The smallest absolute Gasteiger partial charge is 0.305 e. The van der Waals surface area contributed by atoms with Crippen molar-refractivity contribution in [3.63, 3.8) is 0 Å². The number of methoxy groups -OCH3 is 2. The highest BCUT2D eigenvalue weighted by Crippen LogP contribution is 2.15. The van der Waals surface area contributed by atoms with Crippen LogP contribution in [0.4, 0.5) is 0 Å². The fourth-order valence-electron chi connectivity index (χ4n) is 4.85. The fraction of sp³-hybridized carbons (Fsp3) is 0.933. The van der Waals surface area contributed by atoms with Gasteiger partial charge in [0.15, 0.2) is 0 Å². The van der Waals surface area contributed by atoms with Crippen LogP contribution < -0.4 is 0 Å². The first-order valence-electron chi connectivity index (χ1n) is 15.6. The van der Waals surface area contributed by atoms with Crippen LogP contribution in [0.25, 0.3) is 0 Å². The van der Waals surface area contributed by atoms with Gasteiger partial charge in [0, 0.05) is 32.5 Å². The van der Waals surface area contributed by atoms with E-state index in [9.17, 15) is 40.2 Å². The minimum atomic E-state index is -1.75. The molecule has 0 amide bonds. The Balaban J connectivity index is 4.61. The van der Waals surface area contributed by atoms with E-state index in [1.807, 2.05) is 0 Å². The van der Waals surface area contributed by atoms with E-state index in [2.05, 4.69) is 9.47 Å². The van der Waals surface area contributed by atoms with Crippen molar-refractivity contribution in [1.29, 1.82) is 0 Å². The molecule has 6 atom stereocenters. The lowest BCUT2D eigenvalue weighted by atomic mass is 10.0. The Morgan fingerprint density at radius 1 is 0.548 bits per heavy atom. The second kappa shape index (κ2) is 26.1. The van der Waals surface area contributed by atoms with Gasteiger partial charge >= 0.3 is 11.9 Å². The number of aliphatic hydroxyl groups excluding tert-OH is 7. The highest BCUT2D eigenvalue weighted by Gasteiger charge is 2.31. The topological polar surface area (TPSA) is 197 Å². The van der Waals surface area contributed by atoms with Gasteiger partial charge in [0.05, 0.1) is 39.1 Å². The summed E-state index contributed by atoms with van der Waals surface area (Å²) in [5.41, 5.74) is 0. The first kappa shape index (κ1) is 40.6. The molecule has 0 spiro atoms. The predicted octanol–water partition coefficient (Wildman–Crippen LogP) is 1.03. The zero-order valence-electron chi connectivity index (χ0n) is 25.8. The summed E-state index contributed by atoms with van der Waals surface area (Å²) >= 11 is 0. The molecule has 0 saturated carbocycles. The van der Waals surface area contributed by atoms with Crippen molar-refractivity contribution in [1.82, 2.24) is 4.90 Å². The largest absolute Gasteiger partial charge is 0.469 e. The quantitative estimate of drug-likeness (QED) is 0.0492. The molecule has 250 valence electrons. The van der Waals surface area contributed by atoms with Crippen molar-refractivity contribution in [2.24, 2.45) is 0 Å². The zero-order chi connectivity index (χ0) is 31.8.